The molecule has 0 aliphatic rings. The Bertz CT molecular complexity index is 3980. The fraction of sp³-hybridized carbons (Fsp3) is 0.143. The Balaban J connectivity index is 0.000000827. The van der Waals surface area contributed by atoms with Gasteiger partial charge in [0.05, 0.1) is 42.7 Å². The van der Waals surface area contributed by atoms with Crippen LogP contribution in [0.2, 0.25) is 0 Å². The average Bonchev–Trinajstić information content (AvgIpc) is 0.786. The summed E-state index contributed by atoms with van der Waals surface area (Å²) in [6, 6.07) is 43.0. The van der Waals surface area contributed by atoms with Gasteiger partial charge in [-0.3, -0.25) is 0 Å². The van der Waals surface area contributed by atoms with E-state index in [1.807, 2.05) is 91.0 Å². The van der Waals surface area contributed by atoms with Gasteiger partial charge in [0, 0.05) is 27.3 Å². The first-order chi connectivity index (χ1) is 58.2. The normalized spacial score (nSPS) is 14.7. The van der Waals surface area contributed by atoms with Gasteiger partial charge in [-0.15, -0.1) is 0 Å². The topological polar surface area (TPSA) is 130 Å². The zero-order valence-electron chi connectivity index (χ0n) is 57.8. The van der Waals surface area contributed by atoms with Crippen LogP contribution in [0.1, 0.15) is 0 Å². The fourth-order valence-corrected chi connectivity index (χ4v) is 12000. The minimum atomic E-state index is -3.97. The maximum Gasteiger partial charge on any atom is 0.488 e. The molecule has 2 N–H and O–H groups in total. The number of benzene rings is 6. The van der Waals surface area contributed by atoms with Crippen molar-refractivity contribution in [2.45, 2.75) is 4.90 Å². The summed E-state index contributed by atoms with van der Waals surface area (Å²) in [7, 11) is -6.11. The van der Waals surface area contributed by atoms with E-state index in [-0.39, 0.29) is 16.4 Å². The summed E-state index contributed by atoms with van der Waals surface area (Å²) in [6.07, 6.45) is 0. The summed E-state index contributed by atoms with van der Waals surface area (Å²) in [5.41, 5.74) is 4.47. The Labute approximate surface area is 1220 Å². The van der Waals surface area contributed by atoms with Crippen LogP contribution in [0.4, 0.5) is 0 Å². The Hall–Kier alpha value is 45.2. The molecule has 778 valence electrons. The van der Waals surface area contributed by atoms with Gasteiger partial charge in [-0.2, -0.15) is 0 Å². The maximum atomic E-state index is 11.6. The largest absolute Gasteiger partial charge is 0.488 e. The third kappa shape index (κ3) is 69.3. The van der Waals surface area contributed by atoms with E-state index in [1.54, 1.807) is 64.8 Å². The monoisotopic (exact) mass is 9620 g/mol. The van der Waals surface area contributed by atoms with E-state index < -0.39 is 269 Å². The van der Waals surface area contributed by atoms with E-state index in [0.717, 1.165) is 49.7 Å². The molecule has 83 heteroatoms. The van der Waals surface area contributed by atoms with Gasteiger partial charge in [-0.1, -0.05) is 107 Å². The molecule has 0 aliphatic heterocycles. The van der Waals surface area contributed by atoms with Crippen molar-refractivity contribution in [3.63, 3.8) is 0 Å². The number of hydrogen-bond acceptors (Lipinski definition) is 10. The van der Waals surface area contributed by atoms with Gasteiger partial charge in [0.2, 0.25) is 0 Å². The zero-order chi connectivity index (χ0) is 96.3. The van der Waals surface area contributed by atoms with Crippen LogP contribution in [-0.2, 0) is 9.05 Å². The number of methoxy groups -OCH3 is 6. The molecule has 0 atom stereocenters. The van der Waals surface area contributed by atoms with E-state index >= 15 is 0 Å². The van der Waals surface area contributed by atoms with Gasteiger partial charge in [0.1, 0.15) is 34.5 Å². The number of rotatable bonds is 41. The van der Waals surface area contributed by atoms with E-state index in [9.17, 15) is 8.42 Å². The van der Waals surface area contributed by atoms with Crippen LogP contribution in [0.5, 0.6) is 34.5 Å². The van der Waals surface area contributed by atoms with Gasteiger partial charge >= 0.3 is 943 Å². The van der Waals surface area contributed by atoms with E-state index in [0.29, 0.717) is 18.7 Å². The van der Waals surface area contributed by atoms with Crippen molar-refractivity contribution in [2.24, 2.45) is 0 Å². The van der Waals surface area contributed by atoms with Gasteiger partial charge < -0.3 is 38.5 Å². The summed E-state index contributed by atoms with van der Waals surface area (Å²) in [6.45, 7) is 0. The van der Waals surface area contributed by atoms with Crippen LogP contribution >= 0.6 is 949 Å². The second-order valence-corrected chi connectivity index (χ2v) is 1600. The Kier molecular flexibility index (Phi) is 134. The molecule has 125 heavy (non-hydrogen) atoms. The van der Waals surface area contributed by atoms with Crippen molar-refractivity contribution in [1.29, 1.82) is 0 Å². The Morgan fingerprint density at radius 3 is 0.672 bits per heavy atom. The summed E-state index contributed by atoms with van der Waals surface area (Å²) >= 11 is 119. The number of halogens is 71. The average molecular weight is 9620 g/mol. The van der Waals surface area contributed by atoms with E-state index in [2.05, 4.69) is 698 Å². The molecule has 0 bridgehead atoms. The minimum absolute atomic E-state index is 0.151. The fourth-order valence-electron chi connectivity index (χ4n) is 5.80. The minimum Gasteiger partial charge on any atom is -0.423 e. The van der Waals surface area contributed by atoms with Crippen LogP contribution in [0, 0.1) is 0 Å². The molecule has 0 heterocycles. The van der Waals surface area contributed by atoms with Crippen LogP contribution in [0.3, 0.4) is 0 Å². The first-order valence-corrected chi connectivity index (χ1v) is 451. The van der Waals surface area contributed by atoms with Crippen molar-refractivity contribution in [3.05, 3.63) is 144 Å². The quantitative estimate of drug-likeness (QED) is 0.0217. The molecule has 0 aromatic heterocycles. The summed E-state index contributed by atoms with van der Waals surface area (Å²) < 4.78 is 55.0. The van der Waals surface area contributed by atoms with Crippen molar-refractivity contribution < 1.29 is 60.1 Å². The van der Waals surface area contributed by atoms with Crippen LogP contribution in [0.15, 0.2) is 149 Å². The van der Waals surface area contributed by atoms with Crippen molar-refractivity contribution in [1.82, 2.24) is 0 Å². The molecule has 10 nitrogen and oxygen atoms in total. The molecule has 0 amide bonds. The first kappa shape index (κ1) is 168. The van der Waals surface area contributed by atoms with Gasteiger partial charge in [-0.25, -0.2) is 8.42 Å². The number of hydrogen-bond donors (Lipinski definition) is 2. The van der Waals surface area contributed by atoms with Gasteiger partial charge in [0.25, 0.3) is 9.05 Å². The van der Waals surface area contributed by atoms with Crippen LogP contribution < -0.4 is 47.1 Å². The SMILES string of the molecule is COc1cc(-c2ccccc2)cc(OC)c1S(=O)(=O)Cl.COc1cc(Br)cc(OC)c1.COc1cc(OC)cc(-c2ccccc2)c1.II(I)I(I)I(I)I(I)I(I)I(I)I(I)I(I)I(I)I(I)I.I[I-]I(I)I(I)I(I)I(I)I(I)I(I)I(I)I(I)I(I)I(I)I(I)I(I)I(I)I(I)I(I)I(I)I(I)I(I)I(I)I(I)I(I)I(I)I.OB(O)c1ccccc1. The van der Waals surface area contributed by atoms with Crippen LogP contribution in [-0.4, -0.2) is 68.2 Å². The zero-order valence-corrected chi connectivity index (χ0v) is 210. The second-order valence-electron chi connectivity index (χ2n) is 16.5. The third-order valence-electron chi connectivity index (χ3n) is 10.2. The van der Waals surface area contributed by atoms with Crippen LogP contribution in [0.25, 0.3) is 22.3 Å². The molecular formula is C42H43BBrClI69O10S-. The molecule has 6 aromatic carbocycles. The smallest absolute Gasteiger partial charge is 0.423 e. The molecular weight excluding hydrogens is 9580 g/mol. The standard InChI is InChI=1S/C14H13ClO4S.C14H14O2.C8H9BrO2.C6H7BO2.I47.I22/c1-18-12-8-11(10-6-4-3-5-7-10)9-13(19-2)14(12)20(15,16)17;1-15-13-8-12(9-14(10-13)16-2)11-6-4-3-5-7-11;1-10-7-3-6(9)4-8(5-7)11-2;8-7(9)6-4-2-1-3-5-6;1-25-27(4)29(6)31(8)33(10)35(12)37(14)39(16)41(18)43(20)45(22)47(24)46(23)44(21)42(19)40(17)38(15)36(13)34(11)32(9)30(7)28(5)26(2)3;1-13(2)15(5)17(7)19(9)21(11)22(12)20(10)18(8)16(6)14(3)4/h3-9H,1-2H3;3-10H,1-2H3;3-5H,1-2H3;1-5,8-9H;;/q;;;;-1;. The molecule has 0 radical (unpaired) electrons. The molecule has 6 aromatic rings. The predicted octanol–water partition coefficient (Wildman–Crippen LogP) is 65.7. The van der Waals surface area contributed by atoms with Gasteiger partial charge in [0.15, 0.2) is 4.90 Å². The molecule has 6 rings (SSSR count). The van der Waals surface area contributed by atoms with E-state index in [4.69, 9.17) is 49.2 Å². The molecule has 0 unspecified atom stereocenters. The van der Waals surface area contributed by atoms with Crippen molar-refractivity contribution >= 4 is 971 Å². The maximum absolute atomic E-state index is 11.6. The molecule has 0 fully saturated rings. The van der Waals surface area contributed by atoms with Crippen molar-refractivity contribution in [3.8, 4) is 56.8 Å². The van der Waals surface area contributed by atoms with Gasteiger partial charge in [-0.05, 0) is 64.1 Å². The molecule has 0 spiro atoms. The predicted molar refractivity (Wildman–Crippen MR) is 1180 cm³/mol. The second kappa shape index (κ2) is 99.6. The summed E-state index contributed by atoms with van der Waals surface area (Å²) in [4.78, 5) is -0.163. The summed E-state index contributed by atoms with van der Waals surface area (Å²) in [5.74, 6) is 3.49. The summed E-state index contributed by atoms with van der Waals surface area (Å²) in [5, 5.41) is 17.2. The number of ether oxygens (including phenoxy) is 6. The Morgan fingerprint density at radius 1 is 0.288 bits per heavy atom. The third-order valence-corrected chi connectivity index (χ3v) is 5050. The van der Waals surface area contributed by atoms with Crippen molar-refractivity contribution in [2.75, 3.05) is 42.7 Å². The molecule has 0 saturated carbocycles. The molecule has 0 saturated heterocycles. The first-order valence-electron chi connectivity index (χ1n) is 26.3. The Morgan fingerprint density at radius 2 is 0.488 bits per heavy atom. The van der Waals surface area contributed by atoms with E-state index in [1.165, 1.54) is 14.2 Å². The molecule has 0 aliphatic carbocycles.